The number of sulfonamides is 1. The van der Waals surface area contributed by atoms with Crippen LogP contribution in [0.2, 0.25) is 0 Å². The quantitative estimate of drug-likeness (QED) is 0.929. The largest absolute Gasteiger partial charge is 0.336 e. The summed E-state index contributed by atoms with van der Waals surface area (Å²) in [6.45, 7) is 2.87. The first-order chi connectivity index (χ1) is 9.90. The average Bonchev–Trinajstić information content (AvgIpc) is 2.45. The summed E-state index contributed by atoms with van der Waals surface area (Å²) in [5.74, 6) is -0.0151. The summed E-state index contributed by atoms with van der Waals surface area (Å²) in [5, 5.41) is 0. The fourth-order valence-corrected chi connectivity index (χ4v) is 3.34. The van der Waals surface area contributed by atoms with Crippen LogP contribution >= 0.6 is 0 Å². The highest BCUT2D eigenvalue weighted by Crippen LogP contribution is 2.23. The highest BCUT2D eigenvalue weighted by molar-refractivity contribution is 7.92. The molecule has 1 unspecified atom stereocenters. The van der Waals surface area contributed by atoms with Crippen LogP contribution in [0.15, 0.2) is 24.3 Å². The number of nitrogens with zero attached hydrogens (tertiary/aromatic N) is 1. The Morgan fingerprint density at radius 3 is 2.81 bits per heavy atom. The Morgan fingerprint density at radius 1 is 1.38 bits per heavy atom. The fraction of sp³-hybridized carbons (Fsp3) is 0.533. The summed E-state index contributed by atoms with van der Waals surface area (Å²) in [5.41, 5.74) is 0.956. The van der Waals surface area contributed by atoms with E-state index in [2.05, 4.69) is 11.6 Å². The minimum Gasteiger partial charge on any atom is -0.336 e. The van der Waals surface area contributed by atoms with Gasteiger partial charge in [0.15, 0.2) is 0 Å². The summed E-state index contributed by atoms with van der Waals surface area (Å²) in [6, 6.07) is 6.97. The summed E-state index contributed by atoms with van der Waals surface area (Å²) in [6.07, 6.45) is 5.29. The second-order valence-corrected chi connectivity index (χ2v) is 7.26. The van der Waals surface area contributed by atoms with E-state index in [0.29, 0.717) is 11.3 Å². The average molecular weight is 310 g/mol. The highest BCUT2D eigenvalue weighted by Gasteiger charge is 2.26. The number of nitrogens with one attached hydrogen (secondary N) is 1. The van der Waals surface area contributed by atoms with Gasteiger partial charge in [-0.05, 0) is 43.9 Å². The van der Waals surface area contributed by atoms with Crippen LogP contribution in [-0.4, -0.2) is 38.1 Å². The Balaban J connectivity index is 2.20. The molecule has 1 aromatic carbocycles. The molecule has 0 bridgehead atoms. The normalized spacial score (nSPS) is 19.3. The number of benzene rings is 1. The minimum atomic E-state index is -3.33. The van der Waals surface area contributed by atoms with Crippen LogP contribution in [0.4, 0.5) is 5.69 Å². The zero-order chi connectivity index (χ0) is 15.5. The van der Waals surface area contributed by atoms with Gasteiger partial charge in [0.05, 0.1) is 6.26 Å². The molecule has 21 heavy (non-hydrogen) atoms. The molecule has 1 N–H and O–H groups in total. The second kappa shape index (κ2) is 6.47. The topological polar surface area (TPSA) is 66.5 Å². The first-order valence-electron chi connectivity index (χ1n) is 7.29. The van der Waals surface area contributed by atoms with Crippen molar-refractivity contribution in [3.05, 3.63) is 29.8 Å². The van der Waals surface area contributed by atoms with Crippen molar-refractivity contribution in [1.29, 1.82) is 0 Å². The standard InChI is InChI=1S/C15H22N2O3S/c1-3-14-9-4-5-10-17(14)15(18)12-7-6-8-13(11-12)16-21(2,19)20/h6-8,11,14,16H,3-5,9-10H2,1-2H3. The maximum Gasteiger partial charge on any atom is 0.254 e. The van der Waals surface area contributed by atoms with E-state index in [-0.39, 0.29) is 11.9 Å². The SMILES string of the molecule is CCC1CCCCN1C(=O)c1cccc(NS(C)(=O)=O)c1. The first kappa shape index (κ1) is 15.8. The molecule has 6 heteroatoms. The zero-order valence-corrected chi connectivity index (χ0v) is 13.3. The number of rotatable bonds is 4. The summed E-state index contributed by atoms with van der Waals surface area (Å²) in [4.78, 5) is 14.6. The van der Waals surface area contributed by atoms with Crippen molar-refractivity contribution in [1.82, 2.24) is 4.90 Å². The Hall–Kier alpha value is -1.56. The van der Waals surface area contributed by atoms with Crippen LogP contribution in [0, 0.1) is 0 Å². The van der Waals surface area contributed by atoms with E-state index in [0.717, 1.165) is 38.5 Å². The molecular formula is C15H22N2O3S. The summed E-state index contributed by atoms with van der Waals surface area (Å²) < 4.78 is 25.0. The molecule has 2 rings (SSSR count). The number of piperidine rings is 1. The van der Waals surface area contributed by atoms with Gasteiger partial charge in [0, 0.05) is 23.8 Å². The zero-order valence-electron chi connectivity index (χ0n) is 12.5. The lowest BCUT2D eigenvalue weighted by atomic mass is 9.99. The predicted octanol–water partition coefficient (Wildman–Crippen LogP) is 2.46. The van der Waals surface area contributed by atoms with Gasteiger partial charge in [-0.2, -0.15) is 0 Å². The van der Waals surface area contributed by atoms with Gasteiger partial charge < -0.3 is 4.90 Å². The number of carbonyl (C=O) groups excluding carboxylic acids is 1. The van der Waals surface area contributed by atoms with Gasteiger partial charge in [-0.3, -0.25) is 9.52 Å². The monoisotopic (exact) mass is 310 g/mol. The second-order valence-electron chi connectivity index (χ2n) is 5.51. The lowest BCUT2D eigenvalue weighted by molar-refractivity contribution is 0.0608. The van der Waals surface area contributed by atoms with Gasteiger partial charge in [0.1, 0.15) is 0 Å². The van der Waals surface area contributed by atoms with Gasteiger partial charge in [0.2, 0.25) is 10.0 Å². The van der Waals surface area contributed by atoms with Crippen molar-refractivity contribution in [2.45, 2.75) is 38.6 Å². The van der Waals surface area contributed by atoms with Crippen molar-refractivity contribution in [3.8, 4) is 0 Å². The number of likely N-dealkylation sites (tertiary alicyclic amines) is 1. The maximum absolute atomic E-state index is 12.6. The Labute approximate surface area is 126 Å². The van der Waals surface area contributed by atoms with Crippen molar-refractivity contribution in [2.75, 3.05) is 17.5 Å². The van der Waals surface area contributed by atoms with E-state index in [1.54, 1.807) is 24.3 Å². The molecule has 0 spiro atoms. The van der Waals surface area contributed by atoms with Crippen LogP contribution in [0.25, 0.3) is 0 Å². The lowest BCUT2D eigenvalue weighted by Crippen LogP contribution is -2.43. The highest BCUT2D eigenvalue weighted by atomic mass is 32.2. The molecule has 1 aromatic rings. The molecule has 1 amide bonds. The molecular weight excluding hydrogens is 288 g/mol. The molecule has 1 atom stereocenters. The Morgan fingerprint density at radius 2 is 2.14 bits per heavy atom. The molecule has 0 saturated carbocycles. The molecule has 1 aliphatic rings. The van der Waals surface area contributed by atoms with Crippen LogP contribution in [-0.2, 0) is 10.0 Å². The van der Waals surface area contributed by atoms with E-state index in [4.69, 9.17) is 0 Å². The van der Waals surface area contributed by atoms with E-state index in [1.807, 2.05) is 4.90 Å². The van der Waals surface area contributed by atoms with Crippen LogP contribution in [0.3, 0.4) is 0 Å². The summed E-state index contributed by atoms with van der Waals surface area (Å²) >= 11 is 0. The number of hydrogen-bond acceptors (Lipinski definition) is 3. The fourth-order valence-electron chi connectivity index (χ4n) is 2.79. The van der Waals surface area contributed by atoms with Crippen molar-refractivity contribution in [2.24, 2.45) is 0 Å². The van der Waals surface area contributed by atoms with Crippen LogP contribution in [0.1, 0.15) is 43.0 Å². The molecule has 5 nitrogen and oxygen atoms in total. The third-order valence-corrected chi connectivity index (χ3v) is 4.38. The Kier molecular flexibility index (Phi) is 4.88. The van der Waals surface area contributed by atoms with Crippen molar-refractivity contribution >= 4 is 21.6 Å². The van der Waals surface area contributed by atoms with E-state index in [1.165, 1.54) is 0 Å². The molecule has 0 radical (unpaired) electrons. The molecule has 1 heterocycles. The molecule has 1 aliphatic heterocycles. The van der Waals surface area contributed by atoms with E-state index < -0.39 is 10.0 Å². The van der Waals surface area contributed by atoms with Gasteiger partial charge in [-0.1, -0.05) is 13.0 Å². The Bertz CT molecular complexity index is 613. The number of carbonyl (C=O) groups is 1. The van der Waals surface area contributed by atoms with Gasteiger partial charge >= 0.3 is 0 Å². The van der Waals surface area contributed by atoms with Gasteiger partial charge in [-0.25, -0.2) is 8.42 Å². The minimum absolute atomic E-state index is 0.0151. The van der Waals surface area contributed by atoms with E-state index >= 15 is 0 Å². The van der Waals surface area contributed by atoms with Gasteiger partial charge in [0.25, 0.3) is 5.91 Å². The van der Waals surface area contributed by atoms with Crippen LogP contribution < -0.4 is 4.72 Å². The number of amides is 1. The maximum atomic E-state index is 12.6. The lowest BCUT2D eigenvalue weighted by Gasteiger charge is -2.35. The van der Waals surface area contributed by atoms with E-state index in [9.17, 15) is 13.2 Å². The molecule has 116 valence electrons. The summed E-state index contributed by atoms with van der Waals surface area (Å²) in [7, 11) is -3.33. The first-order valence-corrected chi connectivity index (χ1v) is 9.18. The van der Waals surface area contributed by atoms with Crippen molar-refractivity contribution < 1.29 is 13.2 Å². The molecule has 1 saturated heterocycles. The van der Waals surface area contributed by atoms with Crippen molar-refractivity contribution in [3.63, 3.8) is 0 Å². The van der Waals surface area contributed by atoms with Crippen LogP contribution in [0.5, 0.6) is 0 Å². The molecule has 0 aliphatic carbocycles. The smallest absolute Gasteiger partial charge is 0.254 e. The third kappa shape index (κ3) is 4.20. The number of hydrogen-bond donors (Lipinski definition) is 1. The predicted molar refractivity (Wildman–Crippen MR) is 83.9 cm³/mol. The third-order valence-electron chi connectivity index (χ3n) is 3.77. The molecule has 1 fully saturated rings. The number of anilines is 1. The molecule has 0 aromatic heterocycles. The van der Waals surface area contributed by atoms with Gasteiger partial charge in [-0.15, -0.1) is 0 Å².